The molecule has 136 valence electrons. The number of aliphatic hydroxyl groups is 1. The van der Waals surface area contributed by atoms with Crippen molar-refractivity contribution >= 4 is 11.8 Å². The smallest absolute Gasteiger partial charge is 0.228 e. The fourth-order valence-electron chi connectivity index (χ4n) is 3.87. The van der Waals surface area contributed by atoms with Crippen molar-refractivity contribution in [1.29, 1.82) is 0 Å². The maximum absolute atomic E-state index is 12.8. The van der Waals surface area contributed by atoms with Gasteiger partial charge in [0.1, 0.15) is 0 Å². The monoisotopic (exact) mass is 344 g/mol. The van der Waals surface area contributed by atoms with E-state index < -0.39 is 0 Å². The first-order valence-electron chi connectivity index (χ1n) is 9.24. The Morgan fingerprint density at radius 1 is 1.28 bits per heavy atom. The summed E-state index contributed by atoms with van der Waals surface area (Å²) in [5.74, 6) is 0.0391. The number of benzene rings is 1. The molecule has 25 heavy (non-hydrogen) atoms. The molecular weight excluding hydrogens is 316 g/mol. The standard InChI is InChI=1S/C20H28N2O3/c1-14-5-7-16(8-6-14)11-22-13-18(10-19(22)24)20(25)21-9-3-4-17(12-21)15(2)23/h5-8,15,17-18,23H,3-4,9-13H2,1-2H3. The number of likely N-dealkylation sites (tertiary alicyclic amines) is 2. The van der Waals surface area contributed by atoms with E-state index in [0.717, 1.165) is 24.9 Å². The maximum atomic E-state index is 12.8. The van der Waals surface area contributed by atoms with Crippen LogP contribution >= 0.6 is 0 Å². The third-order valence-corrected chi connectivity index (χ3v) is 5.51. The quantitative estimate of drug-likeness (QED) is 0.908. The lowest BCUT2D eigenvalue weighted by Crippen LogP contribution is -2.45. The fourth-order valence-corrected chi connectivity index (χ4v) is 3.87. The van der Waals surface area contributed by atoms with Gasteiger partial charge in [-0.1, -0.05) is 29.8 Å². The Labute approximate surface area is 149 Å². The first-order chi connectivity index (χ1) is 11.9. The highest BCUT2D eigenvalue weighted by molar-refractivity contribution is 5.89. The second-order valence-corrected chi connectivity index (χ2v) is 7.59. The number of hydrogen-bond acceptors (Lipinski definition) is 3. The Hall–Kier alpha value is -1.88. The first-order valence-corrected chi connectivity index (χ1v) is 9.24. The molecular formula is C20H28N2O3. The Kier molecular flexibility index (Phi) is 5.42. The third-order valence-electron chi connectivity index (χ3n) is 5.51. The van der Waals surface area contributed by atoms with Crippen LogP contribution in [0, 0.1) is 18.8 Å². The van der Waals surface area contributed by atoms with Gasteiger partial charge in [0.2, 0.25) is 11.8 Å². The number of amides is 2. The summed E-state index contributed by atoms with van der Waals surface area (Å²) < 4.78 is 0. The lowest BCUT2D eigenvalue weighted by atomic mass is 9.92. The molecule has 3 unspecified atom stereocenters. The average Bonchev–Trinajstić information content (AvgIpc) is 2.97. The van der Waals surface area contributed by atoms with E-state index in [-0.39, 0.29) is 29.8 Å². The summed E-state index contributed by atoms with van der Waals surface area (Å²) in [6, 6.07) is 8.16. The minimum Gasteiger partial charge on any atom is -0.393 e. The van der Waals surface area contributed by atoms with Crippen LogP contribution in [0.1, 0.15) is 37.3 Å². The molecule has 0 radical (unpaired) electrons. The number of piperidine rings is 1. The Bertz CT molecular complexity index is 626. The molecule has 3 rings (SSSR count). The largest absolute Gasteiger partial charge is 0.393 e. The van der Waals surface area contributed by atoms with Gasteiger partial charge in [-0.05, 0) is 32.3 Å². The highest BCUT2D eigenvalue weighted by atomic mass is 16.3. The molecule has 1 N–H and O–H groups in total. The molecule has 1 aromatic carbocycles. The van der Waals surface area contributed by atoms with Crippen LogP contribution in [0.25, 0.3) is 0 Å². The Morgan fingerprint density at radius 2 is 2.00 bits per heavy atom. The molecule has 0 spiro atoms. The van der Waals surface area contributed by atoms with Crippen molar-refractivity contribution in [2.45, 2.75) is 45.8 Å². The highest BCUT2D eigenvalue weighted by Gasteiger charge is 2.38. The van der Waals surface area contributed by atoms with Crippen LogP contribution in [-0.4, -0.2) is 52.5 Å². The summed E-state index contributed by atoms with van der Waals surface area (Å²) in [6.07, 6.45) is 1.80. The van der Waals surface area contributed by atoms with Gasteiger partial charge >= 0.3 is 0 Å². The van der Waals surface area contributed by atoms with Crippen molar-refractivity contribution in [2.75, 3.05) is 19.6 Å². The van der Waals surface area contributed by atoms with Crippen LogP contribution in [0.3, 0.4) is 0 Å². The number of aliphatic hydroxyl groups excluding tert-OH is 1. The molecule has 5 nitrogen and oxygen atoms in total. The normalized spacial score (nSPS) is 25.3. The molecule has 1 aromatic rings. The van der Waals surface area contributed by atoms with Crippen LogP contribution < -0.4 is 0 Å². The molecule has 0 bridgehead atoms. The van der Waals surface area contributed by atoms with Crippen molar-refractivity contribution in [3.05, 3.63) is 35.4 Å². The zero-order chi connectivity index (χ0) is 18.0. The number of hydrogen-bond donors (Lipinski definition) is 1. The minimum atomic E-state index is -0.390. The van der Waals surface area contributed by atoms with Crippen molar-refractivity contribution in [3.8, 4) is 0 Å². The van der Waals surface area contributed by atoms with Crippen molar-refractivity contribution in [2.24, 2.45) is 11.8 Å². The Balaban J connectivity index is 1.59. The molecule has 5 heteroatoms. The summed E-state index contributed by atoms with van der Waals surface area (Å²) in [6.45, 7) is 6.25. The van der Waals surface area contributed by atoms with Crippen molar-refractivity contribution in [1.82, 2.24) is 9.80 Å². The van der Waals surface area contributed by atoms with Crippen LogP contribution in [-0.2, 0) is 16.1 Å². The van der Waals surface area contributed by atoms with Gasteiger partial charge < -0.3 is 14.9 Å². The second kappa shape index (κ2) is 7.56. The fraction of sp³-hybridized carbons (Fsp3) is 0.600. The van der Waals surface area contributed by atoms with E-state index in [9.17, 15) is 14.7 Å². The van der Waals surface area contributed by atoms with Gasteiger partial charge in [-0.3, -0.25) is 9.59 Å². The van der Waals surface area contributed by atoms with Crippen LogP contribution in [0.5, 0.6) is 0 Å². The number of nitrogens with zero attached hydrogens (tertiary/aromatic N) is 2. The summed E-state index contributed by atoms with van der Waals surface area (Å²) in [4.78, 5) is 28.8. The molecule has 3 atom stereocenters. The van der Waals surface area contributed by atoms with E-state index in [4.69, 9.17) is 0 Å². The number of carbonyl (C=O) groups excluding carboxylic acids is 2. The predicted octanol–water partition coefficient (Wildman–Crippen LogP) is 1.96. The summed E-state index contributed by atoms with van der Waals surface area (Å²) in [5, 5.41) is 9.81. The van der Waals surface area contributed by atoms with Gasteiger partial charge in [-0.15, -0.1) is 0 Å². The van der Waals surface area contributed by atoms with Gasteiger partial charge in [0.25, 0.3) is 0 Å². The van der Waals surface area contributed by atoms with Gasteiger partial charge in [-0.25, -0.2) is 0 Å². The van der Waals surface area contributed by atoms with Crippen molar-refractivity contribution in [3.63, 3.8) is 0 Å². The van der Waals surface area contributed by atoms with E-state index in [1.165, 1.54) is 5.56 Å². The second-order valence-electron chi connectivity index (χ2n) is 7.59. The number of carbonyl (C=O) groups is 2. The van der Waals surface area contributed by atoms with Gasteiger partial charge in [-0.2, -0.15) is 0 Å². The molecule has 0 aromatic heterocycles. The van der Waals surface area contributed by atoms with Crippen LogP contribution in [0.4, 0.5) is 0 Å². The molecule has 2 aliphatic rings. The van der Waals surface area contributed by atoms with Gasteiger partial charge in [0.15, 0.2) is 0 Å². The first kappa shape index (κ1) is 17.9. The SMILES string of the molecule is Cc1ccc(CN2CC(C(=O)N3CCCC(C(C)O)C3)CC2=O)cc1. The molecule has 0 aliphatic carbocycles. The minimum absolute atomic E-state index is 0.0583. The van der Waals surface area contributed by atoms with Gasteiger partial charge in [0.05, 0.1) is 12.0 Å². The highest BCUT2D eigenvalue weighted by Crippen LogP contribution is 2.26. The summed E-state index contributed by atoms with van der Waals surface area (Å²) in [5.41, 5.74) is 2.29. The number of rotatable bonds is 4. The zero-order valence-electron chi connectivity index (χ0n) is 15.1. The predicted molar refractivity (Wildman–Crippen MR) is 95.7 cm³/mol. The molecule has 2 heterocycles. The Morgan fingerprint density at radius 3 is 2.68 bits per heavy atom. The molecule has 2 aliphatic heterocycles. The third kappa shape index (κ3) is 4.21. The molecule has 2 amide bonds. The van der Waals surface area contributed by atoms with E-state index in [1.54, 1.807) is 11.8 Å². The van der Waals surface area contributed by atoms with E-state index in [0.29, 0.717) is 26.1 Å². The zero-order valence-corrected chi connectivity index (χ0v) is 15.1. The lowest BCUT2D eigenvalue weighted by molar-refractivity contribution is -0.138. The maximum Gasteiger partial charge on any atom is 0.228 e. The molecule has 0 saturated carbocycles. The van der Waals surface area contributed by atoms with E-state index in [1.807, 2.05) is 36.1 Å². The topological polar surface area (TPSA) is 60.9 Å². The summed E-state index contributed by atoms with van der Waals surface area (Å²) in [7, 11) is 0. The number of aryl methyl sites for hydroxylation is 1. The van der Waals surface area contributed by atoms with E-state index in [2.05, 4.69) is 0 Å². The van der Waals surface area contributed by atoms with E-state index >= 15 is 0 Å². The average molecular weight is 344 g/mol. The molecule has 2 fully saturated rings. The van der Waals surface area contributed by atoms with Gasteiger partial charge in [0, 0.05) is 38.5 Å². The molecule has 2 saturated heterocycles. The van der Waals surface area contributed by atoms with Crippen LogP contribution in [0.15, 0.2) is 24.3 Å². The van der Waals surface area contributed by atoms with Crippen LogP contribution in [0.2, 0.25) is 0 Å². The van der Waals surface area contributed by atoms with Crippen molar-refractivity contribution < 1.29 is 14.7 Å². The lowest BCUT2D eigenvalue weighted by Gasteiger charge is -2.35. The summed E-state index contributed by atoms with van der Waals surface area (Å²) >= 11 is 0.